The van der Waals surface area contributed by atoms with Crippen LogP contribution in [0.15, 0.2) is 68.6 Å². The third-order valence-corrected chi connectivity index (χ3v) is 8.69. The van der Waals surface area contributed by atoms with Gasteiger partial charge in [0.1, 0.15) is 17.3 Å². The molecule has 0 atom stereocenters. The summed E-state index contributed by atoms with van der Waals surface area (Å²) in [5.41, 5.74) is 4.56. The molecule has 1 N–H and O–H groups in total. The molecule has 1 aromatic heterocycles. The number of benzene rings is 2. The van der Waals surface area contributed by atoms with Crippen LogP contribution in [0.4, 0.5) is 0 Å². The van der Waals surface area contributed by atoms with Crippen LogP contribution in [0.25, 0.3) is 11.3 Å². The Morgan fingerprint density at radius 1 is 1.19 bits per heavy atom. The first-order valence-electron chi connectivity index (χ1n) is 9.41. The first-order chi connectivity index (χ1) is 15.1. The lowest BCUT2D eigenvalue weighted by Crippen LogP contribution is -2.24. The van der Waals surface area contributed by atoms with Crippen LogP contribution in [-0.2, 0) is 4.79 Å². The van der Waals surface area contributed by atoms with Gasteiger partial charge in [-0.3, -0.25) is 4.79 Å². The maximum atomic E-state index is 12.0. The molecule has 2 heterocycles. The molecule has 0 aliphatic carbocycles. The minimum atomic E-state index is -0.353. The van der Waals surface area contributed by atoms with Crippen LogP contribution in [0, 0.1) is 0 Å². The number of rotatable bonds is 7. The van der Waals surface area contributed by atoms with Crippen LogP contribution < -0.4 is 10.2 Å². The molecule has 2 aromatic carbocycles. The van der Waals surface area contributed by atoms with Crippen LogP contribution in [0.1, 0.15) is 15.9 Å². The summed E-state index contributed by atoms with van der Waals surface area (Å²) in [6.45, 7) is -0.121. The van der Waals surface area contributed by atoms with Gasteiger partial charge in [0.05, 0.1) is 15.8 Å². The van der Waals surface area contributed by atoms with Crippen LogP contribution in [0.3, 0.4) is 0 Å². The van der Waals surface area contributed by atoms with Gasteiger partial charge in [-0.2, -0.15) is 5.10 Å². The summed E-state index contributed by atoms with van der Waals surface area (Å²) in [6.07, 6.45) is 1.44. The summed E-state index contributed by atoms with van der Waals surface area (Å²) in [4.78, 5) is 12.0. The van der Waals surface area contributed by atoms with Gasteiger partial charge < -0.3 is 9.15 Å². The summed E-state index contributed by atoms with van der Waals surface area (Å²) in [5, 5.41) is 4.52. The van der Waals surface area contributed by atoms with Crippen LogP contribution >= 0.6 is 51.1 Å². The topological polar surface area (TPSA) is 63.8 Å². The maximum absolute atomic E-state index is 12.0. The fraction of sp³-hybridized carbons (Fsp3) is 0.182. The molecule has 0 bridgehead atoms. The smallest absolute Gasteiger partial charge is 0.277 e. The van der Waals surface area contributed by atoms with Gasteiger partial charge in [0.15, 0.2) is 6.61 Å². The zero-order valence-electron chi connectivity index (χ0n) is 16.2. The number of nitrogens with zero attached hydrogens (tertiary/aromatic N) is 1. The van der Waals surface area contributed by atoms with E-state index in [1.165, 1.54) is 23.3 Å². The summed E-state index contributed by atoms with van der Waals surface area (Å²) in [7, 11) is 0. The Balaban J connectivity index is 1.25. The number of halogens is 2. The molecule has 0 unspecified atom stereocenters. The van der Waals surface area contributed by atoms with Crippen molar-refractivity contribution in [2.45, 2.75) is 4.58 Å². The highest BCUT2D eigenvalue weighted by atomic mass is 79.9. The van der Waals surface area contributed by atoms with Crippen LogP contribution in [0.5, 0.6) is 5.75 Å². The number of hydrogen-bond acceptors (Lipinski definition) is 6. The monoisotopic (exact) mass is 536 g/mol. The second-order valence-electron chi connectivity index (χ2n) is 6.56. The molecule has 4 rings (SSSR count). The SMILES string of the molecule is O=C(COc1ccc(C2SCCS2)cc1)N/N=C\c1ccc(-c2ccc(Br)c(Cl)c2)o1. The highest BCUT2D eigenvalue weighted by Crippen LogP contribution is 2.45. The normalized spacial score (nSPS) is 14.3. The Hall–Kier alpha value is -1.87. The number of amides is 1. The van der Waals surface area contributed by atoms with Gasteiger partial charge in [0, 0.05) is 21.5 Å². The number of furan rings is 1. The molecular weight excluding hydrogens is 520 g/mol. The first-order valence-corrected chi connectivity index (χ1v) is 12.7. The van der Waals surface area contributed by atoms with Gasteiger partial charge in [-0.15, -0.1) is 23.5 Å². The van der Waals surface area contributed by atoms with Gasteiger partial charge in [-0.05, 0) is 57.9 Å². The van der Waals surface area contributed by atoms with E-state index in [-0.39, 0.29) is 12.5 Å². The molecule has 0 spiro atoms. The minimum Gasteiger partial charge on any atom is -0.484 e. The Morgan fingerprint density at radius 3 is 2.71 bits per heavy atom. The Bertz CT molecular complexity index is 1080. The molecule has 0 radical (unpaired) electrons. The second kappa shape index (κ2) is 10.6. The van der Waals surface area contributed by atoms with Gasteiger partial charge in [-0.25, -0.2) is 5.43 Å². The molecule has 1 fully saturated rings. The van der Waals surface area contributed by atoms with E-state index < -0.39 is 0 Å². The Morgan fingerprint density at radius 2 is 1.97 bits per heavy atom. The van der Waals surface area contributed by atoms with E-state index >= 15 is 0 Å². The highest BCUT2D eigenvalue weighted by molar-refractivity contribution is 9.10. The van der Waals surface area contributed by atoms with Crippen molar-refractivity contribution in [3.63, 3.8) is 0 Å². The van der Waals surface area contributed by atoms with E-state index in [4.69, 9.17) is 20.8 Å². The van der Waals surface area contributed by atoms with E-state index in [9.17, 15) is 4.79 Å². The number of carbonyl (C=O) groups excluding carboxylic acids is 1. The summed E-state index contributed by atoms with van der Waals surface area (Å²) in [5.74, 6) is 3.84. The average Bonchev–Trinajstić information content (AvgIpc) is 3.47. The van der Waals surface area contributed by atoms with Crippen molar-refractivity contribution < 1.29 is 13.9 Å². The van der Waals surface area contributed by atoms with Gasteiger partial charge >= 0.3 is 0 Å². The fourth-order valence-electron chi connectivity index (χ4n) is 2.85. The van der Waals surface area contributed by atoms with Crippen molar-refractivity contribution in [1.82, 2.24) is 5.43 Å². The zero-order valence-corrected chi connectivity index (χ0v) is 20.2. The van der Waals surface area contributed by atoms with Crippen LogP contribution in [-0.4, -0.2) is 30.2 Å². The van der Waals surface area contributed by atoms with E-state index in [0.29, 0.717) is 26.9 Å². The van der Waals surface area contributed by atoms with Gasteiger partial charge in [0.25, 0.3) is 5.91 Å². The number of ether oxygens (including phenoxy) is 1. The van der Waals surface area contributed by atoms with E-state index in [1.54, 1.807) is 6.07 Å². The maximum Gasteiger partial charge on any atom is 0.277 e. The van der Waals surface area contributed by atoms with E-state index in [2.05, 4.69) is 38.6 Å². The van der Waals surface area contributed by atoms with Crippen molar-refractivity contribution in [3.05, 3.63) is 75.4 Å². The molecular formula is C22H18BrClN2O3S2. The van der Waals surface area contributed by atoms with Gasteiger partial charge in [-0.1, -0.05) is 29.8 Å². The quantitative estimate of drug-likeness (QED) is 0.280. The largest absolute Gasteiger partial charge is 0.484 e. The summed E-state index contributed by atoms with van der Waals surface area (Å²) < 4.78 is 12.6. The molecule has 0 saturated carbocycles. The highest BCUT2D eigenvalue weighted by Gasteiger charge is 2.18. The molecule has 1 aliphatic rings. The lowest BCUT2D eigenvalue weighted by Gasteiger charge is -2.09. The Kier molecular flexibility index (Phi) is 7.66. The molecule has 3 aromatic rings. The number of carbonyl (C=O) groups is 1. The van der Waals surface area contributed by atoms with Crippen molar-refractivity contribution >= 4 is 63.2 Å². The molecule has 9 heteroatoms. The van der Waals surface area contributed by atoms with Gasteiger partial charge in [0.2, 0.25) is 0 Å². The minimum absolute atomic E-state index is 0.121. The van der Waals surface area contributed by atoms with Crippen LogP contribution in [0.2, 0.25) is 5.02 Å². The Labute approximate surface area is 202 Å². The van der Waals surface area contributed by atoms with Crippen molar-refractivity contribution in [3.8, 4) is 17.1 Å². The number of thioether (sulfide) groups is 2. The number of hydrazone groups is 1. The molecule has 5 nitrogen and oxygen atoms in total. The molecule has 1 amide bonds. The predicted octanol–water partition coefficient (Wildman–Crippen LogP) is 6.37. The molecule has 1 aliphatic heterocycles. The number of hydrogen-bond donors (Lipinski definition) is 1. The lowest BCUT2D eigenvalue weighted by atomic mass is 10.2. The predicted molar refractivity (Wildman–Crippen MR) is 132 cm³/mol. The lowest BCUT2D eigenvalue weighted by molar-refractivity contribution is -0.123. The molecule has 31 heavy (non-hydrogen) atoms. The number of nitrogens with one attached hydrogen (secondary N) is 1. The fourth-order valence-corrected chi connectivity index (χ4v) is 6.13. The summed E-state index contributed by atoms with van der Waals surface area (Å²) >= 11 is 13.4. The third-order valence-electron chi connectivity index (χ3n) is 4.36. The standard InChI is InChI=1S/C22H18BrClN2O3S2/c23-18-7-3-15(11-19(18)24)20-8-6-17(29-20)12-25-26-21(27)13-28-16-4-1-14(2-5-16)22-30-9-10-31-22/h1-8,11-12,22H,9-10,13H2,(H,26,27)/b25-12-. The van der Waals surface area contributed by atoms with Crippen molar-refractivity contribution in [2.24, 2.45) is 5.10 Å². The third kappa shape index (κ3) is 6.10. The summed E-state index contributed by atoms with van der Waals surface area (Å²) in [6, 6.07) is 17.0. The van der Waals surface area contributed by atoms with E-state index in [1.807, 2.05) is 59.9 Å². The van der Waals surface area contributed by atoms with E-state index in [0.717, 1.165) is 10.0 Å². The zero-order chi connectivity index (χ0) is 21.6. The first kappa shape index (κ1) is 22.3. The second-order valence-corrected chi connectivity index (χ2v) is 10.5. The van der Waals surface area contributed by atoms with Crippen molar-refractivity contribution in [2.75, 3.05) is 18.1 Å². The molecule has 1 saturated heterocycles. The van der Waals surface area contributed by atoms with Crippen molar-refractivity contribution in [1.29, 1.82) is 0 Å². The average molecular weight is 538 g/mol. The molecule has 160 valence electrons.